The van der Waals surface area contributed by atoms with Crippen molar-refractivity contribution in [2.45, 2.75) is 9.79 Å². The molecule has 0 aliphatic rings. The Morgan fingerprint density at radius 1 is 0.800 bits per heavy atom. The fraction of sp³-hybridized carbons (Fsp3) is 0. The van der Waals surface area contributed by atoms with Crippen molar-refractivity contribution < 1.29 is 21.2 Å². The van der Waals surface area contributed by atoms with E-state index in [1.807, 2.05) is 0 Å². The predicted octanol–water partition coefficient (Wildman–Crippen LogP) is 2.67. The SMILES string of the molecule is O=S(=O)(Nc1ccccc1F)c1ccn(S(=O)(=O)c2ccccc2)c1. The molecule has 0 atom stereocenters. The van der Waals surface area contributed by atoms with Crippen LogP contribution < -0.4 is 4.72 Å². The van der Waals surface area contributed by atoms with E-state index < -0.39 is 25.9 Å². The van der Waals surface area contributed by atoms with Crippen molar-refractivity contribution in [1.82, 2.24) is 3.97 Å². The number of hydrogen-bond acceptors (Lipinski definition) is 4. The van der Waals surface area contributed by atoms with E-state index in [-0.39, 0.29) is 15.5 Å². The van der Waals surface area contributed by atoms with Crippen molar-refractivity contribution in [2.24, 2.45) is 0 Å². The zero-order valence-corrected chi connectivity index (χ0v) is 14.3. The van der Waals surface area contributed by atoms with Gasteiger partial charge in [0.25, 0.3) is 20.0 Å². The second-order valence-electron chi connectivity index (χ2n) is 5.08. The van der Waals surface area contributed by atoms with Gasteiger partial charge in [0.15, 0.2) is 0 Å². The second-order valence-corrected chi connectivity index (χ2v) is 8.61. The lowest BCUT2D eigenvalue weighted by Gasteiger charge is -2.07. The molecule has 9 heteroatoms. The highest BCUT2D eigenvalue weighted by Crippen LogP contribution is 2.21. The van der Waals surface area contributed by atoms with Gasteiger partial charge in [-0.15, -0.1) is 0 Å². The number of hydrogen-bond donors (Lipinski definition) is 1. The number of para-hydroxylation sites is 1. The van der Waals surface area contributed by atoms with Crippen LogP contribution in [-0.2, 0) is 20.0 Å². The van der Waals surface area contributed by atoms with Crippen molar-refractivity contribution in [3.05, 3.63) is 78.9 Å². The molecule has 0 fully saturated rings. The van der Waals surface area contributed by atoms with Gasteiger partial charge in [0, 0.05) is 12.4 Å². The molecule has 3 aromatic rings. The van der Waals surface area contributed by atoms with Gasteiger partial charge >= 0.3 is 0 Å². The molecular formula is C16H13FN2O4S2. The maximum Gasteiger partial charge on any atom is 0.267 e. The van der Waals surface area contributed by atoms with Gasteiger partial charge < -0.3 is 0 Å². The van der Waals surface area contributed by atoms with E-state index in [9.17, 15) is 21.2 Å². The minimum Gasteiger partial charge on any atom is -0.277 e. The molecule has 0 amide bonds. The molecule has 25 heavy (non-hydrogen) atoms. The van der Waals surface area contributed by atoms with Crippen molar-refractivity contribution in [2.75, 3.05) is 4.72 Å². The summed E-state index contributed by atoms with van der Waals surface area (Å²) in [6.07, 6.45) is 2.09. The maximum absolute atomic E-state index is 13.6. The van der Waals surface area contributed by atoms with Crippen LogP contribution in [0.1, 0.15) is 0 Å². The molecule has 2 aromatic carbocycles. The Balaban J connectivity index is 1.95. The summed E-state index contributed by atoms with van der Waals surface area (Å²) in [7, 11) is -8.04. The minimum atomic E-state index is -4.13. The molecular weight excluding hydrogens is 367 g/mol. The van der Waals surface area contributed by atoms with Gasteiger partial charge in [0.05, 0.1) is 10.6 Å². The van der Waals surface area contributed by atoms with Crippen molar-refractivity contribution in [3.8, 4) is 0 Å². The van der Waals surface area contributed by atoms with Crippen molar-refractivity contribution >= 4 is 25.7 Å². The first kappa shape index (κ1) is 17.2. The van der Waals surface area contributed by atoms with Crippen LogP contribution in [0.25, 0.3) is 0 Å². The Bertz CT molecular complexity index is 1110. The summed E-state index contributed by atoms with van der Waals surface area (Å²) in [5, 5.41) is 0. The van der Waals surface area contributed by atoms with Crippen LogP contribution in [0.15, 0.2) is 82.8 Å². The number of anilines is 1. The number of rotatable bonds is 5. The first-order valence-corrected chi connectivity index (χ1v) is 9.99. The third-order valence-corrected chi connectivity index (χ3v) is 6.39. The average Bonchev–Trinajstić information content (AvgIpc) is 3.09. The quantitative estimate of drug-likeness (QED) is 0.737. The third kappa shape index (κ3) is 3.42. The van der Waals surface area contributed by atoms with E-state index >= 15 is 0 Å². The summed E-state index contributed by atoms with van der Waals surface area (Å²) < 4.78 is 66.2. The molecule has 3 rings (SSSR count). The van der Waals surface area contributed by atoms with Gasteiger partial charge in [0.2, 0.25) is 0 Å². The van der Waals surface area contributed by atoms with Crippen LogP contribution in [-0.4, -0.2) is 20.8 Å². The van der Waals surface area contributed by atoms with E-state index in [0.717, 1.165) is 28.5 Å². The van der Waals surface area contributed by atoms with Crippen molar-refractivity contribution in [3.63, 3.8) is 0 Å². The number of sulfonamides is 1. The first-order valence-electron chi connectivity index (χ1n) is 7.07. The van der Waals surface area contributed by atoms with Crippen LogP contribution in [0, 0.1) is 5.82 Å². The average molecular weight is 380 g/mol. The third-order valence-electron chi connectivity index (χ3n) is 3.39. The molecule has 1 aromatic heterocycles. The van der Waals surface area contributed by atoms with E-state index in [4.69, 9.17) is 0 Å². The molecule has 0 unspecified atom stereocenters. The topological polar surface area (TPSA) is 85.2 Å². The number of halogens is 1. The van der Waals surface area contributed by atoms with Gasteiger partial charge in [-0.2, -0.15) is 0 Å². The Morgan fingerprint density at radius 2 is 1.44 bits per heavy atom. The Hall–Kier alpha value is -2.65. The summed E-state index contributed by atoms with van der Waals surface area (Å²) in [4.78, 5) is -0.271. The lowest BCUT2D eigenvalue weighted by Crippen LogP contribution is -2.14. The second kappa shape index (κ2) is 6.34. The number of nitrogens with one attached hydrogen (secondary N) is 1. The van der Waals surface area contributed by atoms with Gasteiger partial charge in [0.1, 0.15) is 10.7 Å². The van der Waals surface area contributed by atoms with E-state index in [1.165, 1.54) is 30.3 Å². The van der Waals surface area contributed by atoms with Crippen LogP contribution >= 0.6 is 0 Å². The highest BCUT2D eigenvalue weighted by Gasteiger charge is 2.22. The zero-order chi connectivity index (χ0) is 18.1. The molecule has 0 saturated carbocycles. The molecule has 130 valence electrons. The van der Waals surface area contributed by atoms with Crippen LogP contribution in [0.4, 0.5) is 10.1 Å². The fourth-order valence-corrected chi connectivity index (χ4v) is 4.48. The maximum atomic E-state index is 13.6. The summed E-state index contributed by atoms with van der Waals surface area (Å²) >= 11 is 0. The summed E-state index contributed by atoms with van der Waals surface area (Å²) in [5.41, 5.74) is -0.221. The molecule has 0 saturated heterocycles. The molecule has 0 aliphatic heterocycles. The Morgan fingerprint density at radius 3 is 2.12 bits per heavy atom. The molecule has 1 heterocycles. The van der Waals surface area contributed by atoms with Gasteiger partial charge in [-0.25, -0.2) is 25.2 Å². The molecule has 1 N–H and O–H groups in total. The molecule has 6 nitrogen and oxygen atoms in total. The highest BCUT2D eigenvalue weighted by molar-refractivity contribution is 7.93. The van der Waals surface area contributed by atoms with Gasteiger partial charge in [-0.05, 0) is 30.3 Å². The van der Waals surface area contributed by atoms with Crippen LogP contribution in [0.3, 0.4) is 0 Å². The normalized spacial score (nSPS) is 12.0. The number of nitrogens with zero attached hydrogens (tertiary/aromatic N) is 1. The predicted molar refractivity (Wildman–Crippen MR) is 90.7 cm³/mol. The zero-order valence-electron chi connectivity index (χ0n) is 12.7. The summed E-state index contributed by atoms with van der Waals surface area (Å²) in [6, 6.07) is 14.0. The van der Waals surface area contributed by atoms with Gasteiger partial charge in [-0.3, -0.25) is 4.72 Å². The van der Waals surface area contributed by atoms with E-state index in [0.29, 0.717) is 0 Å². The van der Waals surface area contributed by atoms with E-state index in [2.05, 4.69) is 4.72 Å². The van der Waals surface area contributed by atoms with E-state index in [1.54, 1.807) is 18.2 Å². The summed E-state index contributed by atoms with van der Waals surface area (Å²) in [5.74, 6) is -0.734. The Labute approximate surface area is 144 Å². The smallest absolute Gasteiger partial charge is 0.267 e. The minimum absolute atomic E-state index is 0.0246. The highest BCUT2D eigenvalue weighted by atomic mass is 32.2. The van der Waals surface area contributed by atoms with Crippen LogP contribution in [0.5, 0.6) is 0 Å². The molecule has 0 bridgehead atoms. The Kier molecular flexibility index (Phi) is 4.36. The number of benzene rings is 2. The summed E-state index contributed by atoms with van der Waals surface area (Å²) in [6.45, 7) is 0. The largest absolute Gasteiger partial charge is 0.277 e. The first-order chi connectivity index (χ1) is 11.8. The number of aromatic nitrogens is 1. The lowest BCUT2D eigenvalue weighted by molar-refractivity contribution is 0.587. The standard InChI is InChI=1S/C16H13FN2O4S2/c17-15-8-4-5-9-16(15)18-24(20,21)14-10-11-19(12-14)25(22,23)13-6-2-1-3-7-13/h1-12,18H. The van der Waals surface area contributed by atoms with Crippen LogP contribution in [0.2, 0.25) is 0 Å². The monoisotopic (exact) mass is 380 g/mol. The lowest BCUT2D eigenvalue weighted by atomic mass is 10.3. The molecule has 0 radical (unpaired) electrons. The fourth-order valence-electron chi connectivity index (χ4n) is 2.13. The van der Waals surface area contributed by atoms with Gasteiger partial charge in [-0.1, -0.05) is 30.3 Å². The molecule has 0 aliphatic carbocycles. The molecule has 0 spiro atoms. The van der Waals surface area contributed by atoms with Crippen molar-refractivity contribution in [1.29, 1.82) is 0 Å².